The van der Waals surface area contributed by atoms with Gasteiger partial charge in [0, 0.05) is 49.9 Å². The highest BCUT2D eigenvalue weighted by atomic mass is 16.6. The quantitative estimate of drug-likeness (QED) is 0.391. The maximum atomic E-state index is 14.2. The van der Waals surface area contributed by atoms with Gasteiger partial charge in [-0.3, -0.25) is 19.7 Å². The van der Waals surface area contributed by atoms with Crippen molar-refractivity contribution in [3.8, 4) is 0 Å². The lowest BCUT2D eigenvalue weighted by Gasteiger charge is -2.42. The van der Waals surface area contributed by atoms with Crippen LogP contribution in [0.4, 0.5) is 11.4 Å². The molecule has 0 fully saturated rings. The van der Waals surface area contributed by atoms with Gasteiger partial charge in [-0.05, 0) is 23.6 Å². The van der Waals surface area contributed by atoms with E-state index >= 15 is 0 Å². The number of likely N-dealkylation sites (N-methyl/N-ethyl adjacent to an activating group) is 1. The monoisotopic (exact) mass is 473 g/mol. The first-order valence-electron chi connectivity index (χ1n) is 11.4. The van der Waals surface area contributed by atoms with E-state index in [0.29, 0.717) is 24.2 Å². The van der Waals surface area contributed by atoms with Crippen LogP contribution in [0, 0.1) is 10.1 Å². The van der Waals surface area contributed by atoms with Crippen LogP contribution in [0.15, 0.2) is 78.9 Å². The van der Waals surface area contributed by atoms with Crippen LogP contribution in [0.2, 0.25) is 0 Å². The second-order valence-corrected chi connectivity index (χ2v) is 8.86. The lowest BCUT2D eigenvalue weighted by atomic mass is 9.84. The average Bonchev–Trinajstić information content (AvgIpc) is 2.93. The lowest BCUT2D eigenvalue weighted by molar-refractivity contribution is -0.384. The number of carbonyl (C=O) groups excluding carboxylic acids is 1. The molecule has 1 heterocycles. The molecule has 3 aromatic carbocycles. The van der Waals surface area contributed by atoms with Gasteiger partial charge in [0.2, 0.25) is 5.91 Å². The molecule has 1 amide bonds. The maximum Gasteiger partial charge on any atom is 0.306 e. The summed E-state index contributed by atoms with van der Waals surface area (Å²) in [6.45, 7) is 0.512. The first kappa shape index (κ1) is 23.9. The summed E-state index contributed by atoms with van der Waals surface area (Å²) in [6, 6.07) is 23.5. The smallest absolute Gasteiger partial charge is 0.306 e. The third-order valence-electron chi connectivity index (χ3n) is 6.62. The van der Waals surface area contributed by atoms with E-state index < -0.39 is 22.9 Å². The lowest BCUT2D eigenvalue weighted by Crippen LogP contribution is -2.60. The Bertz CT molecular complexity index is 1230. The normalized spacial score (nSPS) is 17.6. The Kier molecular flexibility index (Phi) is 6.82. The van der Waals surface area contributed by atoms with Crippen molar-refractivity contribution in [2.45, 2.75) is 31.3 Å². The number of carboxylic acids is 1. The number of carbonyl (C=O) groups is 2. The third kappa shape index (κ3) is 5.01. The molecule has 180 valence electrons. The summed E-state index contributed by atoms with van der Waals surface area (Å²) in [7, 11) is 1.70. The standard InChI is InChI=1S/C27H27N3O5/c1-28-24-13-12-23(30(34)35)16-22(24)19-29(15-14-20-8-4-2-5-9-20)26(33)27(28,18-25(31)32)17-21-10-6-3-7-11-21/h2-13,16H,14-15,17-19H2,1H3,(H,31,32). The molecule has 3 aromatic rings. The van der Waals surface area contributed by atoms with Crippen molar-refractivity contribution < 1.29 is 19.6 Å². The fourth-order valence-electron chi connectivity index (χ4n) is 4.81. The molecule has 8 nitrogen and oxygen atoms in total. The van der Waals surface area contributed by atoms with Crippen LogP contribution in [0.3, 0.4) is 0 Å². The number of nitrogens with zero attached hydrogens (tertiary/aromatic N) is 3. The first-order chi connectivity index (χ1) is 16.8. The predicted octanol–water partition coefficient (Wildman–Crippen LogP) is 4.07. The zero-order chi connectivity index (χ0) is 25.0. The molecular formula is C27H27N3O5. The largest absolute Gasteiger partial charge is 0.481 e. The molecule has 35 heavy (non-hydrogen) atoms. The van der Waals surface area contributed by atoms with Gasteiger partial charge < -0.3 is 14.9 Å². The van der Waals surface area contributed by atoms with Gasteiger partial charge in [-0.2, -0.15) is 0 Å². The number of aliphatic carboxylic acids is 1. The van der Waals surface area contributed by atoms with Crippen molar-refractivity contribution >= 4 is 23.3 Å². The molecule has 0 aromatic heterocycles. The molecule has 0 saturated carbocycles. The number of nitro groups is 1. The average molecular weight is 474 g/mol. The number of non-ortho nitro benzene ring substituents is 1. The van der Waals surface area contributed by atoms with Gasteiger partial charge in [-0.15, -0.1) is 0 Å². The fraction of sp³-hybridized carbons (Fsp3) is 0.259. The van der Waals surface area contributed by atoms with E-state index in [1.807, 2.05) is 60.7 Å². The van der Waals surface area contributed by atoms with Crippen molar-refractivity contribution in [2.75, 3.05) is 18.5 Å². The summed E-state index contributed by atoms with van der Waals surface area (Å²) in [4.78, 5) is 40.7. The minimum absolute atomic E-state index is 0.0681. The van der Waals surface area contributed by atoms with Crippen LogP contribution < -0.4 is 4.90 Å². The molecule has 1 N–H and O–H groups in total. The molecule has 1 aliphatic heterocycles. The molecule has 8 heteroatoms. The number of benzene rings is 3. The van der Waals surface area contributed by atoms with E-state index in [1.165, 1.54) is 12.1 Å². The number of hydrogen-bond acceptors (Lipinski definition) is 5. The van der Waals surface area contributed by atoms with Crippen molar-refractivity contribution in [2.24, 2.45) is 0 Å². The molecule has 0 radical (unpaired) electrons. The summed E-state index contributed by atoms with van der Waals surface area (Å²) in [6.07, 6.45) is 0.359. The molecule has 0 aliphatic carbocycles. The van der Waals surface area contributed by atoms with E-state index in [0.717, 1.165) is 11.1 Å². The third-order valence-corrected chi connectivity index (χ3v) is 6.62. The van der Waals surface area contributed by atoms with E-state index in [1.54, 1.807) is 22.9 Å². The van der Waals surface area contributed by atoms with Crippen LogP contribution >= 0.6 is 0 Å². The Hall–Kier alpha value is -4.20. The number of carboxylic acid groups (broad SMARTS) is 1. The predicted molar refractivity (Wildman–Crippen MR) is 132 cm³/mol. The van der Waals surface area contributed by atoms with Gasteiger partial charge in [-0.25, -0.2) is 0 Å². The number of fused-ring (bicyclic) bond motifs is 1. The van der Waals surface area contributed by atoms with Crippen LogP contribution in [0.1, 0.15) is 23.1 Å². The summed E-state index contributed by atoms with van der Waals surface area (Å²) in [5, 5.41) is 21.4. The number of hydrogen-bond donors (Lipinski definition) is 1. The first-order valence-corrected chi connectivity index (χ1v) is 11.4. The zero-order valence-electron chi connectivity index (χ0n) is 19.5. The van der Waals surface area contributed by atoms with Gasteiger partial charge in [0.15, 0.2) is 0 Å². The van der Waals surface area contributed by atoms with Gasteiger partial charge >= 0.3 is 5.97 Å². The van der Waals surface area contributed by atoms with Crippen LogP contribution in [-0.4, -0.2) is 45.9 Å². The Morgan fingerprint density at radius 2 is 1.66 bits per heavy atom. The van der Waals surface area contributed by atoms with Crippen LogP contribution in [0.25, 0.3) is 0 Å². The Labute approximate surface area is 203 Å². The van der Waals surface area contributed by atoms with Crippen molar-refractivity contribution in [1.29, 1.82) is 0 Å². The summed E-state index contributed by atoms with van der Waals surface area (Å²) in [5.74, 6) is -1.39. The molecule has 1 unspecified atom stereocenters. The number of anilines is 1. The summed E-state index contributed by atoms with van der Waals surface area (Å²) >= 11 is 0. The summed E-state index contributed by atoms with van der Waals surface area (Å²) < 4.78 is 0. The number of amides is 1. The van der Waals surface area contributed by atoms with Gasteiger partial charge in [0.25, 0.3) is 5.69 Å². The molecule has 1 atom stereocenters. The Balaban J connectivity index is 1.82. The molecule has 0 saturated heterocycles. The Morgan fingerprint density at radius 1 is 1.03 bits per heavy atom. The van der Waals surface area contributed by atoms with E-state index in [-0.39, 0.29) is 24.6 Å². The van der Waals surface area contributed by atoms with Crippen molar-refractivity contribution in [1.82, 2.24) is 4.90 Å². The number of rotatable bonds is 8. The number of nitro benzene ring substituents is 1. The van der Waals surface area contributed by atoms with E-state index in [9.17, 15) is 24.8 Å². The van der Waals surface area contributed by atoms with Gasteiger partial charge in [0.1, 0.15) is 5.54 Å². The summed E-state index contributed by atoms with van der Waals surface area (Å²) in [5.41, 5.74) is 1.64. The van der Waals surface area contributed by atoms with Gasteiger partial charge in [-0.1, -0.05) is 60.7 Å². The molecule has 4 rings (SSSR count). The second kappa shape index (κ2) is 9.97. The highest BCUT2D eigenvalue weighted by Gasteiger charge is 2.49. The SMILES string of the molecule is CN1c2ccc([N+](=O)[O-])cc2CN(CCc2ccccc2)C(=O)C1(CC(=O)O)Cc1ccccc1. The molecule has 1 aliphatic rings. The van der Waals surface area contributed by atoms with Crippen LogP contribution in [-0.2, 0) is 29.0 Å². The van der Waals surface area contributed by atoms with Gasteiger partial charge in [0.05, 0.1) is 11.3 Å². The Morgan fingerprint density at radius 3 is 2.26 bits per heavy atom. The highest BCUT2D eigenvalue weighted by Crippen LogP contribution is 2.38. The van der Waals surface area contributed by atoms with E-state index in [4.69, 9.17) is 0 Å². The second-order valence-electron chi connectivity index (χ2n) is 8.86. The minimum Gasteiger partial charge on any atom is -0.481 e. The van der Waals surface area contributed by atoms with Crippen LogP contribution in [0.5, 0.6) is 0 Å². The van der Waals surface area contributed by atoms with Crippen molar-refractivity contribution in [3.05, 3.63) is 106 Å². The fourth-order valence-corrected chi connectivity index (χ4v) is 4.81. The maximum absolute atomic E-state index is 14.2. The van der Waals surface area contributed by atoms with E-state index in [2.05, 4.69) is 0 Å². The topological polar surface area (TPSA) is 104 Å². The molecule has 0 spiro atoms. The zero-order valence-corrected chi connectivity index (χ0v) is 19.5. The minimum atomic E-state index is -1.40. The molecular weight excluding hydrogens is 446 g/mol. The highest BCUT2D eigenvalue weighted by molar-refractivity contribution is 5.95. The van der Waals surface area contributed by atoms with Crippen molar-refractivity contribution in [3.63, 3.8) is 0 Å². The molecule has 0 bridgehead atoms.